The first-order chi connectivity index (χ1) is 10.9. The normalized spacial score (nSPS) is 15.8. The highest BCUT2D eigenvalue weighted by atomic mass is 16.6. The SMILES string of the molecule is C=CC(CC(C)C)C(C(=O)OC(C)(C)C)[C@@H](CC(C)C)C(=O)NN. The lowest BCUT2D eigenvalue weighted by Crippen LogP contribution is -2.46. The van der Waals surface area contributed by atoms with E-state index in [9.17, 15) is 9.59 Å². The maximum absolute atomic E-state index is 12.9. The molecule has 24 heavy (non-hydrogen) atoms. The number of ether oxygens (including phenoxy) is 1. The number of nitrogens with one attached hydrogen (secondary N) is 1. The third kappa shape index (κ3) is 7.95. The van der Waals surface area contributed by atoms with Gasteiger partial charge in [0.1, 0.15) is 5.60 Å². The van der Waals surface area contributed by atoms with Crippen molar-refractivity contribution in [1.82, 2.24) is 5.43 Å². The van der Waals surface area contributed by atoms with Gasteiger partial charge in [0.15, 0.2) is 0 Å². The zero-order valence-electron chi connectivity index (χ0n) is 16.4. The third-order valence-electron chi connectivity index (χ3n) is 3.82. The van der Waals surface area contributed by atoms with E-state index in [4.69, 9.17) is 10.6 Å². The first-order valence-electron chi connectivity index (χ1n) is 8.78. The number of nitrogens with two attached hydrogens (primary N) is 1. The van der Waals surface area contributed by atoms with Crippen LogP contribution in [0.5, 0.6) is 0 Å². The minimum absolute atomic E-state index is 0.138. The lowest BCUT2D eigenvalue weighted by Gasteiger charge is -2.33. The Morgan fingerprint density at radius 1 is 1.12 bits per heavy atom. The van der Waals surface area contributed by atoms with E-state index in [2.05, 4.69) is 25.9 Å². The molecule has 0 aromatic carbocycles. The minimum Gasteiger partial charge on any atom is -0.460 e. The summed E-state index contributed by atoms with van der Waals surface area (Å²) in [6.07, 6.45) is 3.10. The Bertz CT molecular complexity index is 425. The fourth-order valence-electron chi connectivity index (χ4n) is 2.97. The van der Waals surface area contributed by atoms with Crippen LogP contribution in [0.15, 0.2) is 12.7 Å². The number of hydrogen-bond acceptors (Lipinski definition) is 4. The van der Waals surface area contributed by atoms with E-state index < -0.39 is 17.4 Å². The molecule has 0 saturated carbocycles. The second-order valence-electron chi connectivity index (χ2n) is 8.33. The first-order valence-corrected chi connectivity index (χ1v) is 8.78. The zero-order chi connectivity index (χ0) is 19.1. The van der Waals surface area contributed by atoms with Gasteiger partial charge in [0, 0.05) is 0 Å². The molecule has 0 aliphatic heterocycles. The maximum Gasteiger partial charge on any atom is 0.310 e. The molecular weight excluding hydrogens is 304 g/mol. The fraction of sp³-hybridized carbons (Fsp3) is 0.789. The first kappa shape index (κ1) is 22.6. The molecule has 0 aliphatic carbocycles. The average molecular weight is 341 g/mol. The molecule has 0 fully saturated rings. The van der Waals surface area contributed by atoms with E-state index in [1.54, 1.807) is 6.08 Å². The predicted octanol–water partition coefficient (Wildman–Crippen LogP) is 3.44. The van der Waals surface area contributed by atoms with Crippen LogP contribution in [0.2, 0.25) is 0 Å². The Balaban J connectivity index is 5.80. The van der Waals surface area contributed by atoms with Crippen LogP contribution in [0.3, 0.4) is 0 Å². The molecule has 3 N–H and O–H groups in total. The van der Waals surface area contributed by atoms with E-state index in [-0.39, 0.29) is 23.7 Å². The van der Waals surface area contributed by atoms with Crippen LogP contribution in [0.4, 0.5) is 0 Å². The highest BCUT2D eigenvalue weighted by Crippen LogP contribution is 2.34. The molecule has 0 radical (unpaired) electrons. The van der Waals surface area contributed by atoms with Crippen molar-refractivity contribution < 1.29 is 14.3 Å². The van der Waals surface area contributed by atoms with Crippen LogP contribution in [-0.2, 0) is 14.3 Å². The van der Waals surface area contributed by atoms with Crippen molar-refractivity contribution in [2.45, 2.75) is 66.9 Å². The van der Waals surface area contributed by atoms with Crippen molar-refractivity contribution in [3.8, 4) is 0 Å². The van der Waals surface area contributed by atoms with Crippen molar-refractivity contribution in [3.63, 3.8) is 0 Å². The van der Waals surface area contributed by atoms with Gasteiger partial charge in [-0.3, -0.25) is 15.0 Å². The largest absolute Gasteiger partial charge is 0.460 e. The fourth-order valence-corrected chi connectivity index (χ4v) is 2.97. The molecule has 0 aromatic heterocycles. The second-order valence-corrected chi connectivity index (χ2v) is 8.33. The molecule has 0 rings (SSSR count). The van der Waals surface area contributed by atoms with Crippen molar-refractivity contribution in [2.24, 2.45) is 35.4 Å². The van der Waals surface area contributed by atoms with E-state index in [0.717, 1.165) is 6.42 Å². The topological polar surface area (TPSA) is 81.4 Å². The van der Waals surface area contributed by atoms with Gasteiger partial charge in [-0.15, -0.1) is 6.58 Å². The summed E-state index contributed by atoms with van der Waals surface area (Å²) in [5, 5.41) is 0. The van der Waals surface area contributed by atoms with Crippen LogP contribution in [-0.4, -0.2) is 17.5 Å². The molecule has 1 amide bonds. The number of hydrazine groups is 1. The van der Waals surface area contributed by atoms with Gasteiger partial charge < -0.3 is 4.74 Å². The van der Waals surface area contributed by atoms with Gasteiger partial charge in [-0.05, 0) is 51.4 Å². The van der Waals surface area contributed by atoms with E-state index in [0.29, 0.717) is 12.3 Å². The summed E-state index contributed by atoms with van der Waals surface area (Å²) in [6.45, 7) is 17.6. The summed E-state index contributed by atoms with van der Waals surface area (Å²) in [5.74, 6) is 4.06. The molecule has 0 aromatic rings. The molecule has 0 aliphatic rings. The van der Waals surface area contributed by atoms with Gasteiger partial charge in [0.25, 0.3) is 0 Å². The highest BCUT2D eigenvalue weighted by molar-refractivity contribution is 5.85. The summed E-state index contributed by atoms with van der Waals surface area (Å²) in [6, 6.07) is 0. The Hall–Kier alpha value is -1.36. The lowest BCUT2D eigenvalue weighted by atomic mass is 9.74. The van der Waals surface area contributed by atoms with Crippen LogP contribution in [0.25, 0.3) is 0 Å². The molecular formula is C19H36N2O3. The molecule has 5 nitrogen and oxygen atoms in total. The lowest BCUT2D eigenvalue weighted by molar-refractivity contribution is -0.166. The number of hydrogen-bond donors (Lipinski definition) is 2. The van der Waals surface area contributed by atoms with Gasteiger partial charge in [-0.2, -0.15) is 0 Å². The number of esters is 1. The number of rotatable bonds is 9. The van der Waals surface area contributed by atoms with Crippen molar-refractivity contribution in [3.05, 3.63) is 12.7 Å². The monoisotopic (exact) mass is 340 g/mol. The Morgan fingerprint density at radius 2 is 1.62 bits per heavy atom. The van der Waals surface area contributed by atoms with Crippen LogP contribution < -0.4 is 11.3 Å². The molecule has 140 valence electrons. The molecule has 2 unspecified atom stereocenters. The molecule has 0 heterocycles. The smallest absolute Gasteiger partial charge is 0.310 e. The van der Waals surface area contributed by atoms with E-state index in [1.165, 1.54) is 0 Å². The molecule has 0 bridgehead atoms. The van der Waals surface area contributed by atoms with E-state index >= 15 is 0 Å². The van der Waals surface area contributed by atoms with Gasteiger partial charge >= 0.3 is 5.97 Å². The molecule has 0 saturated heterocycles. The molecule has 3 atom stereocenters. The van der Waals surface area contributed by atoms with Gasteiger partial charge in [-0.1, -0.05) is 33.8 Å². The maximum atomic E-state index is 12.9. The number of amides is 1. The molecule has 0 spiro atoms. The second kappa shape index (κ2) is 9.82. The van der Waals surface area contributed by atoms with Crippen molar-refractivity contribution in [1.29, 1.82) is 0 Å². The van der Waals surface area contributed by atoms with Gasteiger partial charge in [0.05, 0.1) is 11.8 Å². The summed E-state index contributed by atoms with van der Waals surface area (Å²) in [5.41, 5.74) is 1.61. The number of carbonyl (C=O) groups is 2. The predicted molar refractivity (Wildman–Crippen MR) is 97.8 cm³/mol. The Kier molecular flexibility index (Phi) is 9.26. The van der Waals surface area contributed by atoms with Crippen molar-refractivity contribution >= 4 is 11.9 Å². The standard InChI is InChI=1S/C19H36N2O3/c1-9-14(10-12(2)3)16(18(23)24-19(6,7)8)15(11-13(4)5)17(22)21-20/h9,12-16H,1,10-11,20H2,2-8H3,(H,21,22)/t14?,15-,16?/m1/s1. The summed E-state index contributed by atoms with van der Waals surface area (Å²) >= 11 is 0. The summed E-state index contributed by atoms with van der Waals surface area (Å²) in [4.78, 5) is 25.3. The summed E-state index contributed by atoms with van der Waals surface area (Å²) < 4.78 is 5.61. The third-order valence-corrected chi connectivity index (χ3v) is 3.82. The quantitative estimate of drug-likeness (QED) is 0.221. The van der Waals surface area contributed by atoms with Gasteiger partial charge in [-0.25, -0.2) is 5.84 Å². The molecule has 5 heteroatoms. The van der Waals surface area contributed by atoms with Crippen LogP contribution >= 0.6 is 0 Å². The zero-order valence-corrected chi connectivity index (χ0v) is 16.4. The van der Waals surface area contributed by atoms with Crippen LogP contribution in [0, 0.1) is 29.6 Å². The van der Waals surface area contributed by atoms with Crippen molar-refractivity contribution in [2.75, 3.05) is 0 Å². The average Bonchev–Trinajstić information content (AvgIpc) is 2.41. The van der Waals surface area contributed by atoms with Crippen LogP contribution in [0.1, 0.15) is 61.3 Å². The Labute approximate surface area is 147 Å². The number of allylic oxidation sites excluding steroid dienone is 1. The Morgan fingerprint density at radius 3 is 1.96 bits per heavy atom. The number of carbonyl (C=O) groups excluding carboxylic acids is 2. The van der Waals surface area contributed by atoms with E-state index in [1.807, 2.05) is 34.6 Å². The minimum atomic E-state index is -0.611. The summed E-state index contributed by atoms with van der Waals surface area (Å²) in [7, 11) is 0. The van der Waals surface area contributed by atoms with Gasteiger partial charge in [0.2, 0.25) is 5.91 Å². The highest BCUT2D eigenvalue weighted by Gasteiger charge is 2.40.